The van der Waals surface area contributed by atoms with E-state index in [0.29, 0.717) is 5.75 Å². The topological polar surface area (TPSA) is 32.3 Å². The van der Waals surface area contributed by atoms with Gasteiger partial charge in [-0.25, -0.2) is 0 Å². The fourth-order valence-electron chi connectivity index (χ4n) is 2.13. The van der Waals surface area contributed by atoms with Crippen molar-refractivity contribution in [1.82, 2.24) is 0 Å². The first-order valence-electron chi connectivity index (χ1n) is 6.43. The molecule has 2 nitrogen and oxygen atoms in total. The van der Waals surface area contributed by atoms with E-state index in [9.17, 15) is 5.11 Å². The molecule has 0 radical (unpaired) electrons. The zero-order chi connectivity index (χ0) is 13.8. The van der Waals surface area contributed by atoms with Crippen molar-refractivity contribution in [2.45, 2.75) is 26.3 Å². The van der Waals surface area contributed by atoms with Crippen LogP contribution in [-0.2, 0) is 0 Å². The molecule has 0 bridgehead atoms. The van der Waals surface area contributed by atoms with E-state index in [1.807, 2.05) is 43.3 Å². The molecule has 1 unspecified atom stereocenters. The van der Waals surface area contributed by atoms with E-state index in [-0.39, 0.29) is 6.04 Å². The molecule has 2 N–H and O–H groups in total. The second-order valence-electron chi connectivity index (χ2n) is 4.58. The molecule has 0 spiro atoms. The maximum atomic E-state index is 9.95. The van der Waals surface area contributed by atoms with Gasteiger partial charge in [0.1, 0.15) is 5.75 Å². The molecule has 2 aromatic carbocycles. The van der Waals surface area contributed by atoms with E-state index in [1.54, 1.807) is 6.07 Å². The second kappa shape index (κ2) is 5.98. The SMILES string of the molecule is CCC(Nc1cccc(Cl)c1C)c1ccccc1O. The van der Waals surface area contributed by atoms with Crippen LogP contribution in [0.4, 0.5) is 5.69 Å². The van der Waals surface area contributed by atoms with Crippen LogP contribution in [0.2, 0.25) is 5.02 Å². The van der Waals surface area contributed by atoms with E-state index < -0.39 is 0 Å². The summed E-state index contributed by atoms with van der Waals surface area (Å²) in [5.74, 6) is 0.321. The highest BCUT2D eigenvalue weighted by atomic mass is 35.5. The third-order valence-electron chi connectivity index (χ3n) is 3.32. The van der Waals surface area contributed by atoms with Gasteiger partial charge in [0.25, 0.3) is 0 Å². The molecule has 0 aliphatic heterocycles. The molecule has 2 aromatic rings. The molecular weight excluding hydrogens is 258 g/mol. The Hall–Kier alpha value is -1.67. The van der Waals surface area contributed by atoms with Gasteiger partial charge in [-0.05, 0) is 37.1 Å². The summed E-state index contributed by atoms with van der Waals surface area (Å²) in [6.45, 7) is 4.08. The van der Waals surface area contributed by atoms with Gasteiger partial charge in [0.2, 0.25) is 0 Å². The molecule has 0 amide bonds. The van der Waals surface area contributed by atoms with Gasteiger partial charge in [0.15, 0.2) is 0 Å². The summed E-state index contributed by atoms with van der Waals surface area (Å²) in [5.41, 5.74) is 2.94. The van der Waals surface area contributed by atoms with Crippen molar-refractivity contribution in [2.75, 3.05) is 5.32 Å². The van der Waals surface area contributed by atoms with Gasteiger partial charge in [-0.2, -0.15) is 0 Å². The minimum atomic E-state index is 0.0679. The third-order valence-corrected chi connectivity index (χ3v) is 3.73. The molecule has 0 aliphatic carbocycles. The Bertz CT molecular complexity index is 568. The average Bonchev–Trinajstić information content (AvgIpc) is 2.41. The molecule has 0 saturated carbocycles. The Morgan fingerprint density at radius 1 is 1.16 bits per heavy atom. The molecule has 2 rings (SSSR count). The Kier molecular flexibility index (Phi) is 4.33. The number of rotatable bonds is 4. The Balaban J connectivity index is 2.30. The number of anilines is 1. The van der Waals surface area contributed by atoms with Gasteiger partial charge in [-0.3, -0.25) is 0 Å². The first kappa shape index (κ1) is 13.8. The Morgan fingerprint density at radius 2 is 1.89 bits per heavy atom. The van der Waals surface area contributed by atoms with Crippen molar-refractivity contribution >= 4 is 17.3 Å². The minimum Gasteiger partial charge on any atom is -0.508 e. The summed E-state index contributed by atoms with van der Waals surface area (Å²) in [7, 11) is 0. The van der Waals surface area contributed by atoms with E-state index >= 15 is 0 Å². The maximum absolute atomic E-state index is 9.95. The number of benzene rings is 2. The smallest absolute Gasteiger partial charge is 0.120 e. The van der Waals surface area contributed by atoms with Crippen LogP contribution in [0.1, 0.15) is 30.5 Å². The Morgan fingerprint density at radius 3 is 2.58 bits per heavy atom. The van der Waals surface area contributed by atoms with Crippen LogP contribution in [0.3, 0.4) is 0 Å². The van der Waals surface area contributed by atoms with E-state index in [1.165, 1.54) is 0 Å². The number of hydrogen-bond acceptors (Lipinski definition) is 2. The van der Waals surface area contributed by atoms with Crippen molar-refractivity contribution in [3.8, 4) is 5.75 Å². The summed E-state index contributed by atoms with van der Waals surface area (Å²) in [4.78, 5) is 0. The standard InChI is InChI=1S/C16H18ClNO/c1-3-14(12-7-4-5-10-16(12)19)18-15-9-6-8-13(17)11(15)2/h4-10,14,18-19H,3H2,1-2H3. The Labute approximate surface area is 119 Å². The number of aromatic hydroxyl groups is 1. The molecule has 0 heterocycles. The van der Waals surface area contributed by atoms with Gasteiger partial charge in [0.05, 0.1) is 6.04 Å². The lowest BCUT2D eigenvalue weighted by atomic mass is 10.0. The predicted molar refractivity (Wildman–Crippen MR) is 81.0 cm³/mol. The van der Waals surface area contributed by atoms with Crippen molar-refractivity contribution < 1.29 is 5.11 Å². The molecular formula is C16H18ClNO. The second-order valence-corrected chi connectivity index (χ2v) is 4.98. The maximum Gasteiger partial charge on any atom is 0.120 e. The van der Waals surface area contributed by atoms with Crippen molar-refractivity contribution in [3.05, 3.63) is 58.6 Å². The van der Waals surface area contributed by atoms with Crippen molar-refractivity contribution in [1.29, 1.82) is 0 Å². The lowest BCUT2D eigenvalue weighted by Crippen LogP contribution is -2.10. The monoisotopic (exact) mass is 275 g/mol. The first-order valence-corrected chi connectivity index (χ1v) is 6.80. The highest BCUT2D eigenvalue weighted by molar-refractivity contribution is 6.31. The fourth-order valence-corrected chi connectivity index (χ4v) is 2.31. The summed E-state index contributed by atoms with van der Waals surface area (Å²) in [5, 5.41) is 14.1. The number of nitrogens with one attached hydrogen (secondary N) is 1. The molecule has 0 aromatic heterocycles. The van der Waals surface area contributed by atoms with Crippen LogP contribution >= 0.6 is 11.6 Å². The average molecular weight is 276 g/mol. The number of phenolic OH excluding ortho intramolecular Hbond substituents is 1. The van der Waals surface area contributed by atoms with Crippen LogP contribution in [0.15, 0.2) is 42.5 Å². The zero-order valence-electron chi connectivity index (χ0n) is 11.2. The predicted octanol–water partition coefficient (Wildman–Crippen LogP) is 4.92. The number of para-hydroxylation sites is 1. The van der Waals surface area contributed by atoms with Gasteiger partial charge >= 0.3 is 0 Å². The van der Waals surface area contributed by atoms with Gasteiger partial charge in [-0.15, -0.1) is 0 Å². The van der Waals surface area contributed by atoms with E-state index in [0.717, 1.165) is 28.3 Å². The number of phenols is 1. The number of halogens is 1. The molecule has 1 atom stereocenters. The largest absolute Gasteiger partial charge is 0.508 e. The highest BCUT2D eigenvalue weighted by Crippen LogP contribution is 2.31. The molecule has 3 heteroatoms. The summed E-state index contributed by atoms with van der Waals surface area (Å²) in [6.07, 6.45) is 0.878. The minimum absolute atomic E-state index is 0.0679. The molecule has 100 valence electrons. The molecule has 0 fully saturated rings. The molecule has 19 heavy (non-hydrogen) atoms. The lowest BCUT2D eigenvalue weighted by Gasteiger charge is -2.21. The quantitative estimate of drug-likeness (QED) is 0.830. The van der Waals surface area contributed by atoms with Crippen LogP contribution < -0.4 is 5.32 Å². The summed E-state index contributed by atoms with van der Waals surface area (Å²) >= 11 is 6.13. The van der Waals surface area contributed by atoms with E-state index in [4.69, 9.17) is 11.6 Å². The van der Waals surface area contributed by atoms with Gasteiger partial charge in [0, 0.05) is 16.3 Å². The normalized spacial score (nSPS) is 12.2. The van der Waals surface area contributed by atoms with Crippen LogP contribution in [-0.4, -0.2) is 5.11 Å². The summed E-state index contributed by atoms with van der Waals surface area (Å²) < 4.78 is 0. The van der Waals surface area contributed by atoms with Crippen LogP contribution in [0.5, 0.6) is 5.75 Å². The van der Waals surface area contributed by atoms with Crippen molar-refractivity contribution in [2.24, 2.45) is 0 Å². The third kappa shape index (κ3) is 3.02. The summed E-state index contributed by atoms with van der Waals surface area (Å²) in [6, 6.07) is 13.3. The fraction of sp³-hybridized carbons (Fsp3) is 0.250. The highest BCUT2D eigenvalue weighted by Gasteiger charge is 2.14. The van der Waals surface area contributed by atoms with Crippen molar-refractivity contribution in [3.63, 3.8) is 0 Å². The van der Waals surface area contributed by atoms with E-state index in [2.05, 4.69) is 12.2 Å². The van der Waals surface area contributed by atoms with Crippen LogP contribution in [0, 0.1) is 6.92 Å². The molecule has 0 saturated heterocycles. The van der Waals surface area contributed by atoms with Gasteiger partial charge in [-0.1, -0.05) is 42.8 Å². The lowest BCUT2D eigenvalue weighted by molar-refractivity contribution is 0.463. The van der Waals surface area contributed by atoms with Crippen LogP contribution in [0.25, 0.3) is 0 Å². The first-order chi connectivity index (χ1) is 9.13. The number of hydrogen-bond donors (Lipinski definition) is 2. The molecule has 0 aliphatic rings. The van der Waals surface area contributed by atoms with Gasteiger partial charge < -0.3 is 10.4 Å². The zero-order valence-corrected chi connectivity index (χ0v) is 11.9.